The summed E-state index contributed by atoms with van der Waals surface area (Å²) in [4.78, 5) is 0. The average Bonchev–Trinajstić information content (AvgIpc) is 2.31. The van der Waals surface area contributed by atoms with Gasteiger partial charge >= 0.3 is 0 Å². The minimum Gasteiger partial charge on any atom is -0.0885 e. The van der Waals surface area contributed by atoms with E-state index in [1.54, 1.807) is 0 Å². The van der Waals surface area contributed by atoms with Gasteiger partial charge in [-0.3, -0.25) is 0 Å². The van der Waals surface area contributed by atoms with E-state index in [-0.39, 0.29) is 0 Å². The Morgan fingerprint density at radius 2 is 1.53 bits per heavy atom. The van der Waals surface area contributed by atoms with E-state index in [0.717, 1.165) is 0 Å². The molecule has 1 aliphatic carbocycles. The predicted molar refractivity (Wildman–Crippen MR) is 77.6 cm³/mol. The highest BCUT2D eigenvalue weighted by atomic mass is 14.1. The highest BCUT2D eigenvalue weighted by molar-refractivity contribution is 5.32. The van der Waals surface area contributed by atoms with Gasteiger partial charge in [0, 0.05) is 0 Å². The molecule has 0 saturated heterocycles. The molecule has 0 unspecified atom stereocenters. The molecule has 1 aromatic carbocycles. The van der Waals surface area contributed by atoms with Crippen molar-refractivity contribution >= 4 is 0 Å². The zero-order valence-electron chi connectivity index (χ0n) is 11.8. The maximum atomic E-state index is 2.27. The van der Waals surface area contributed by atoms with Crippen LogP contribution in [-0.2, 0) is 0 Å². The van der Waals surface area contributed by atoms with Gasteiger partial charge in [-0.15, -0.1) is 0 Å². The van der Waals surface area contributed by atoms with Crippen molar-refractivity contribution < 1.29 is 0 Å². The minimum atomic E-state index is 0.649. The molecule has 0 aliphatic heterocycles. The average molecular weight is 230 g/mol. The number of rotatable bonds is 1. The van der Waals surface area contributed by atoms with E-state index >= 15 is 0 Å². The molecule has 0 heteroatoms. The normalized spacial score (nSPS) is 14.4. The van der Waals surface area contributed by atoms with E-state index in [1.807, 2.05) is 0 Å². The Bertz CT molecular complexity index is 350. The van der Waals surface area contributed by atoms with Crippen LogP contribution in [0.3, 0.4) is 0 Å². The molecule has 0 N–H and O–H groups in total. The maximum absolute atomic E-state index is 2.27. The van der Waals surface area contributed by atoms with Crippen molar-refractivity contribution in [3.63, 3.8) is 0 Å². The van der Waals surface area contributed by atoms with Gasteiger partial charge in [0.2, 0.25) is 0 Å². The third-order valence-electron chi connectivity index (χ3n) is 3.21. The van der Waals surface area contributed by atoms with Crippen molar-refractivity contribution in [3.8, 4) is 0 Å². The van der Waals surface area contributed by atoms with Crippen molar-refractivity contribution in [1.82, 2.24) is 0 Å². The summed E-state index contributed by atoms with van der Waals surface area (Å²) in [5.41, 5.74) is 4.24. The maximum Gasteiger partial charge on any atom is -0.0216 e. The smallest absolute Gasteiger partial charge is 0.0216 e. The monoisotopic (exact) mass is 230 g/mol. The Labute approximate surface area is 107 Å². The highest BCUT2D eigenvalue weighted by Crippen LogP contribution is 2.19. The Hall–Kier alpha value is -1.04. The number of hydrogen-bond donors (Lipinski definition) is 0. The van der Waals surface area contributed by atoms with Gasteiger partial charge in [0.25, 0.3) is 0 Å². The van der Waals surface area contributed by atoms with Gasteiger partial charge in [-0.1, -0.05) is 49.8 Å². The van der Waals surface area contributed by atoms with E-state index in [4.69, 9.17) is 0 Å². The molecule has 0 saturated carbocycles. The van der Waals surface area contributed by atoms with Crippen LogP contribution in [0.15, 0.2) is 30.4 Å². The molecular formula is C17H26. The lowest BCUT2D eigenvalue weighted by Gasteiger charge is -2.09. The molecule has 0 nitrogen and oxygen atoms in total. The molecule has 17 heavy (non-hydrogen) atoms. The van der Waals surface area contributed by atoms with E-state index in [2.05, 4.69) is 58.0 Å². The quantitative estimate of drug-likeness (QED) is 0.555. The largest absolute Gasteiger partial charge is 0.0885 e. The summed E-state index contributed by atoms with van der Waals surface area (Å²) in [6, 6.07) is 6.66. The molecular weight excluding hydrogens is 204 g/mol. The van der Waals surface area contributed by atoms with Gasteiger partial charge in [0.1, 0.15) is 0 Å². The van der Waals surface area contributed by atoms with Crippen LogP contribution < -0.4 is 0 Å². The van der Waals surface area contributed by atoms with Gasteiger partial charge in [0.15, 0.2) is 0 Å². The summed E-state index contributed by atoms with van der Waals surface area (Å²) < 4.78 is 0. The second-order valence-electron chi connectivity index (χ2n) is 5.27. The molecule has 0 aromatic heterocycles. The van der Waals surface area contributed by atoms with E-state index in [0.29, 0.717) is 5.92 Å². The van der Waals surface area contributed by atoms with Gasteiger partial charge in [-0.05, 0) is 56.6 Å². The Morgan fingerprint density at radius 3 is 1.88 bits per heavy atom. The van der Waals surface area contributed by atoms with Gasteiger partial charge in [-0.2, -0.15) is 0 Å². The summed E-state index contributed by atoms with van der Waals surface area (Å²) in [5, 5.41) is 0. The standard InChI is InChI=1S/C11H16.C6H10/c1-8(2)11-6-5-9(3)7-10(11)4;1-2-4-6-5-3-1/h5-8H,1-4H3;1-2H,3-6H2. The Balaban J connectivity index is 0.000000202. The summed E-state index contributed by atoms with van der Waals surface area (Å²) in [7, 11) is 0. The van der Waals surface area contributed by atoms with Crippen LogP contribution in [0.4, 0.5) is 0 Å². The van der Waals surface area contributed by atoms with Crippen molar-refractivity contribution in [2.45, 2.75) is 59.3 Å². The predicted octanol–water partition coefficient (Wildman–Crippen LogP) is 5.54. The number of benzene rings is 1. The topological polar surface area (TPSA) is 0 Å². The zero-order valence-corrected chi connectivity index (χ0v) is 11.8. The zero-order chi connectivity index (χ0) is 12.7. The molecule has 0 fully saturated rings. The van der Waals surface area contributed by atoms with E-state index in [9.17, 15) is 0 Å². The first-order valence-corrected chi connectivity index (χ1v) is 6.83. The fourth-order valence-electron chi connectivity index (χ4n) is 2.23. The van der Waals surface area contributed by atoms with Crippen molar-refractivity contribution in [2.75, 3.05) is 0 Å². The molecule has 0 heterocycles. The van der Waals surface area contributed by atoms with E-state index < -0.39 is 0 Å². The number of hydrogen-bond acceptors (Lipinski definition) is 0. The van der Waals surface area contributed by atoms with Crippen LogP contribution in [0.1, 0.15) is 62.1 Å². The van der Waals surface area contributed by atoms with Gasteiger partial charge < -0.3 is 0 Å². The number of aryl methyl sites for hydroxylation is 2. The van der Waals surface area contributed by atoms with Crippen LogP contribution >= 0.6 is 0 Å². The lowest BCUT2D eigenvalue weighted by Crippen LogP contribution is -1.91. The molecule has 0 atom stereocenters. The first kappa shape index (κ1) is 14.0. The molecule has 0 amide bonds. The second-order valence-corrected chi connectivity index (χ2v) is 5.27. The van der Waals surface area contributed by atoms with Crippen molar-refractivity contribution in [1.29, 1.82) is 0 Å². The highest BCUT2D eigenvalue weighted by Gasteiger charge is 2.01. The Kier molecular flexibility index (Phi) is 6.04. The fraction of sp³-hybridized carbons (Fsp3) is 0.529. The van der Waals surface area contributed by atoms with Crippen LogP contribution in [0, 0.1) is 13.8 Å². The first-order chi connectivity index (χ1) is 8.11. The summed E-state index contributed by atoms with van der Waals surface area (Å²) >= 11 is 0. The Morgan fingerprint density at radius 1 is 0.941 bits per heavy atom. The van der Waals surface area contributed by atoms with Crippen molar-refractivity contribution in [2.24, 2.45) is 0 Å². The van der Waals surface area contributed by atoms with Gasteiger partial charge in [-0.25, -0.2) is 0 Å². The molecule has 0 spiro atoms. The molecule has 94 valence electrons. The second kappa shape index (κ2) is 7.32. The lowest BCUT2D eigenvalue weighted by atomic mass is 9.97. The fourth-order valence-corrected chi connectivity index (χ4v) is 2.23. The van der Waals surface area contributed by atoms with Crippen LogP contribution in [0.25, 0.3) is 0 Å². The lowest BCUT2D eigenvalue weighted by molar-refractivity contribution is 0.730. The number of allylic oxidation sites excluding steroid dienone is 2. The summed E-state index contributed by atoms with van der Waals surface area (Å²) in [6.07, 6.45) is 10.0. The molecule has 1 aromatic rings. The molecule has 0 radical (unpaired) electrons. The SMILES string of the molecule is C1=CCCCC1.Cc1ccc(C(C)C)c(C)c1. The summed E-state index contributed by atoms with van der Waals surface area (Å²) in [6.45, 7) is 8.79. The van der Waals surface area contributed by atoms with Crippen LogP contribution in [-0.4, -0.2) is 0 Å². The minimum absolute atomic E-state index is 0.649. The van der Waals surface area contributed by atoms with E-state index in [1.165, 1.54) is 42.4 Å². The van der Waals surface area contributed by atoms with Crippen molar-refractivity contribution in [3.05, 3.63) is 47.0 Å². The van der Waals surface area contributed by atoms with Crippen LogP contribution in [0.5, 0.6) is 0 Å². The third kappa shape index (κ3) is 5.21. The first-order valence-electron chi connectivity index (χ1n) is 6.83. The van der Waals surface area contributed by atoms with Gasteiger partial charge in [0.05, 0.1) is 0 Å². The molecule has 1 aliphatic rings. The van der Waals surface area contributed by atoms with Crippen LogP contribution in [0.2, 0.25) is 0 Å². The third-order valence-corrected chi connectivity index (χ3v) is 3.21. The molecule has 2 rings (SSSR count). The summed E-state index contributed by atoms with van der Waals surface area (Å²) in [5.74, 6) is 0.649. The molecule has 0 bridgehead atoms.